The van der Waals surface area contributed by atoms with Crippen LogP contribution in [0.5, 0.6) is 0 Å². The first-order valence-electron chi connectivity index (χ1n) is 5.10. The van der Waals surface area contributed by atoms with Gasteiger partial charge < -0.3 is 10.7 Å². The monoisotopic (exact) mass is 201 g/mol. The van der Waals surface area contributed by atoms with Gasteiger partial charge in [-0.3, -0.25) is 0 Å². The number of nitrogens with two attached hydrogens (primary N) is 1. The SMILES string of the molecule is Cc1[nH]c(N)nc1CCc1ccccc1. The largest absolute Gasteiger partial charge is 0.369 e. The van der Waals surface area contributed by atoms with Crippen molar-refractivity contribution < 1.29 is 0 Å². The van der Waals surface area contributed by atoms with Gasteiger partial charge in [-0.15, -0.1) is 0 Å². The quantitative estimate of drug-likeness (QED) is 0.798. The third kappa shape index (κ3) is 2.37. The number of nitrogen functional groups attached to an aromatic ring is 1. The number of benzene rings is 1. The fourth-order valence-corrected chi connectivity index (χ4v) is 1.67. The lowest BCUT2D eigenvalue weighted by atomic mass is 10.1. The van der Waals surface area contributed by atoms with Gasteiger partial charge in [-0.25, -0.2) is 4.98 Å². The number of nitrogens with one attached hydrogen (secondary N) is 1. The summed E-state index contributed by atoms with van der Waals surface area (Å²) in [5.41, 5.74) is 9.05. The van der Waals surface area contributed by atoms with Crippen molar-refractivity contribution in [2.24, 2.45) is 0 Å². The normalized spacial score (nSPS) is 10.5. The van der Waals surface area contributed by atoms with Crippen LogP contribution in [0.4, 0.5) is 5.95 Å². The fraction of sp³-hybridized carbons (Fsp3) is 0.250. The maximum absolute atomic E-state index is 5.58. The van der Waals surface area contributed by atoms with Crippen molar-refractivity contribution >= 4 is 5.95 Å². The van der Waals surface area contributed by atoms with E-state index in [0.29, 0.717) is 5.95 Å². The fourth-order valence-electron chi connectivity index (χ4n) is 1.67. The molecule has 0 atom stereocenters. The second kappa shape index (κ2) is 4.17. The summed E-state index contributed by atoms with van der Waals surface area (Å²) in [5, 5.41) is 0. The van der Waals surface area contributed by atoms with Crippen molar-refractivity contribution in [2.75, 3.05) is 5.73 Å². The summed E-state index contributed by atoms with van der Waals surface area (Å²) in [4.78, 5) is 7.26. The standard InChI is InChI=1S/C12H15N3/c1-9-11(15-12(13)14-9)8-7-10-5-3-2-4-6-10/h2-6H,7-8H2,1H3,(H3,13,14,15). The number of aromatic nitrogens is 2. The van der Waals surface area contributed by atoms with E-state index < -0.39 is 0 Å². The zero-order valence-corrected chi connectivity index (χ0v) is 8.83. The molecule has 2 rings (SSSR count). The van der Waals surface area contributed by atoms with E-state index in [9.17, 15) is 0 Å². The summed E-state index contributed by atoms with van der Waals surface area (Å²) in [6, 6.07) is 10.4. The Balaban J connectivity index is 2.02. The molecule has 1 aromatic carbocycles. The third-order valence-corrected chi connectivity index (χ3v) is 2.50. The first-order valence-corrected chi connectivity index (χ1v) is 5.10. The molecule has 1 heterocycles. The Bertz CT molecular complexity index is 431. The van der Waals surface area contributed by atoms with Crippen LogP contribution in [0.3, 0.4) is 0 Å². The van der Waals surface area contributed by atoms with Crippen molar-refractivity contribution in [3.8, 4) is 0 Å². The van der Waals surface area contributed by atoms with Crippen LogP contribution in [0, 0.1) is 6.92 Å². The van der Waals surface area contributed by atoms with Gasteiger partial charge in [0.2, 0.25) is 0 Å². The van der Waals surface area contributed by atoms with Crippen molar-refractivity contribution in [3.05, 3.63) is 47.3 Å². The molecule has 0 spiro atoms. The van der Waals surface area contributed by atoms with Gasteiger partial charge in [0.1, 0.15) is 0 Å². The van der Waals surface area contributed by atoms with E-state index >= 15 is 0 Å². The first-order chi connectivity index (χ1) is 7.25. The topological polar surface area (TPSA) is 54.7 Å². The molecule has 1 aromatic heterocycles. The molecule has 15 heavy (non-hydrogen) atoms. The maximum atomic E-state index is 5.58. The van der Waals surface area contributed by atoms with E-state index in [2.05, 4.69) is 34.2 Å². The van der Waals surface area contributed by atoms with Gasteiger partial charge in [-0.05, 0) is 25.3 Å². The lowest BCUT2D eigenvalue weighted by Gasteiger charge is -1.99. The maximum Gasteiger partial charge on any atom is 0.197 e. The summed E-state index contributed by atoms with van der Waals surface area (Å²) in [5.74, 6) is 0.510. The van der Waals surface area contributed by atoms with E-state index in [-0.39, 0.29) is 0 Å². The first kappa shape index (κ1) is 9.77. The molecule has 3 N–H and O–H groups in total. The zero-order valence-electron chi connectivity index (χ0n) is 8.83. The van der Waals surface area contributed by atoms with Gasteiger partial charge in [0.05, 0.1) is 5.69 Å². The van der Waals surface area contributed by atoms with Crippen LogP contribution >= 0.6 is 0 Å². The lowest BCUT2D eigenvalue weighted by molar-refractivity contribution is 0.914. The highest BCUT2D eigenvalue weighted by atomic mass is 15.0. The van der Waals surface area contributed by atoms with Crippen LogP contribution in [0.2, 0.25) is 0 Å². The number of rotatable bonds is 3. The van der Waals surface area contributed by atoms with Crippen LogP contribution in [-0.2, 0) is 12.8 Å². The van der Waals surface area contributed by atoms with Crippen LogP contribution < -0.4 is 5.73 Å². The molecule has 2 aromatic rings. The van der Waals surface area contributed by atoms with E-state index in [1.807, 2.05) is 13.0 Å². The molecule has 0 aliphatic rings. The van der Waals surface area contributed by atoms with Crippen molar-refractivity contribution in [1.82, 2.24) is 9.97 Å². The minimum absolute atomic E-state index is 0.510. The van der Waals surface area contributed by atoms with E-state index in [4.69, 9.17) is 5.73 Å². The van der Waals surface area contributed by atoms with Crippen LogP contribution in [0.25, 0.3) is 0 Å². The minimum Gasteiger partial charge on any atom is -0.369 e. The number of aryl methyl sites for hydroxylation is 3. The highest BCUT2D eigenvalue weighted by Crippen LogP contribution is 2.10. The molecular weight excluding hydrogens is 186 g/mol. The van der Waals surface area contributed by atoms with Gasteiger partial charge in [0.15, 0.2) is 5.95 Å². The molecule has 0 amide bonds. The van der Waals surface area contributed by atoms with Crippen molar-refractivity contribution in [3.63, 3.8) is 0 Å². The Labute approximate surface area is 89.4 Å². The highest BCUT2D eigenvalue weighted by Gasteiger charge is 2.04. The molecule has 0 aliphatic carbocycles. The Morgan fingerprint density at radius 2 is 1.93 bits per heavy atom. The average molecular weight is 201 g/mol. The number of anilines is 1. The Morgan fingerprint density at radius 3 is 2.53 bits per heavy atom. The smallest absolute Gasteiger partial charge is 0.197 e. The summed E-state index contributed by atoms with van der Waals surface area (Å²) in [7, 11) is 0. The molecule has 0 radical (unpaired) electrons. The van der Waals surface area contributed by atoms with E-state index in [1.54, 1.807) is 0 Å². The molecule has 3 heteroatoms. The summed E-state index contributed by atoms with van der Waals surface area (Å²) in [6.45, 7) is 2.00. The van der Waals surface area contributed by atoms with Crippen LogP contribution in [-0.4, -0.2) is 9.97 Å². The molecule has 0 fully saturated rings. The minimum atomic E-state index is 0.510. The number of nitrogens with zero attached hydrogens (tertiary/aromatic N) is 1. The molecule has 0 saturated carbocycles. The van der Waals surface area contributed by atoms with Crippen molar-refractivity contribution in [1.29, 1.82) is 0 Å². The summed E-state index contributed by atoms with van der Waals surface area (Å²) >= 11 is 0. The Morgan fingerprint density at radius 1 is 1.20 bits per heavy atom. The number of hydrogen-bond acceptors (Lipinski definition) is 2. The predicted molar refractivity (Wildman–Crippen MR) is 61.6 cm³/mol. The number of imidazole rings is 1. The van der Waals surface area contributed by atoms with Gasteiger partial charge in [-0.2, -0.15) is 0 Å². The lowest BCUT2D eigenvalue weighted by Crippen LogP contribution is -1.93. The third-order valence-electron chi connectivity index (χ3n) is 2.50. The zero-order chi connectivity index (χ0) is 10.7. The van der Waals surface area contributed by atoms with Gasteiger partial charge in [0.25, 0.3) is 0 Å². The molecule has 78 valence electrons. The predicted octanol–water partition coefficient (Wildman–Crippen LogP) is 2.09. The second-order valence-corrected chi connectivity index (χ2v) is 3.68. The van der Waals surface area contributed by atoms with Crippen LogP contribution in [0.1, 0.15) is 17.0 Å². The number of hydrogen-bond donors (Lipinski definition) is 2. The van der Waals surface area contributed by atoms with Gasteiger partial charge in [-0.1, -0.05) is 30.3 Å². The highest BCUT2D eigenvalue weighted by molar-refractivity contribution is 5.26. The molecular formula is C12H15N3. The number of H-pyrrole nitrogens is 1. The average Bonchev–Trinajstić information content (AvgIpc) is 2.56. The molecule has 0 bridgehead atoms. The van der Waals surface area contributed by atoms with Gasteiger partial charge in [0, 0.05) is 5.69 Å². The van der Waals surface area contributed by atoms with E-state index in [1.165, 1.54) is 5.56 Å². The molecule has 0 saturated heterocycles. The molecule has 0 unspecified atom stereocenters. The summed E-state index contributed by atoms with van der Waals surface area (Å²) in [6.07, 6.45) is 1.94. The second-order valence-electron chi connectivity index (χ2n) is 3.68. The van der Waals surface area contributed by atoms with E-state index in [0.717, 1.165) is 24.2 Å². The Hall–Kier alpha value is -1.77. The number of aromatic amines is 1. The Kier molecular flexibility index (Phi) is 2.72. The van der Waals surface area contributed by atoms with Gasteiger partial charge >= 0.3 is 0 Å². The van der Waals surface area contributed by atoms with Crippen molar-refractivity contribution in [2.45, 2.75) is 19.8 Å². The summed E-state index contributed by atoms with van der Waals surface area (Å²) < 4.78 is 0. The molecule has 0 aliphatic heterocycles. The molecule has 3 nitrogen and oxygen atoms in total. The van der Waals surface area contributed by atoms with Crippen LogP contribution in [0.15, 0.2) is 30.3 Å².